The zero-order valence-electron chi connectivity index (χ0n) is 13.1. The third-order valence-electron chi connectivity index (χ3n) is 4.70. The van der Waals surface area contributed by atoms with Crippen LogP contribution >= 0.6 is 0 Å². The van der Waals surface area contributed by atoms with Gasteiger partial charge in [-0.05, 0) is 38.5 Å². The van der Waals surface area contributed by atoms with Crippen molar-refractivity contribution >= 4 is 17.8 Å². The van der Waals surface area contributed by atoms with Crippen LogP contribution in [0.25, 0.3) is 0 Å². The molecule has 6 heteroatoms. The van der Waals surface area contributed by atoms with Crippen LogP contribution in [0.1, 0.15) is 57.8 Å². The van der Waals surface area contributed by atoms with Gasteiger partial charge in [0, 0.05) is 19.0 Å². The number of nitrogens with one attached hydrogen (secondary N) is 1. The van der Waals surface area contributed by atoms with Gasteiger partial charge in [-0.1, -0.05) is 12.8 Å². The van der Waals surface area contributed by atoms with Gasteiger partial charge in [-0.3, -0.25) is 14.4 Å². The maximum Gasteiger partial charge on any atom is 0.306 e. The summed E-state index contributed by atoms with van der Waals surface area (Å²) < 4.78 is 0. The molecule has 1 aliphatic heterocycles. The van der Waals surface area contributed by atoms with Crippen molar-refractivity contribution in [3.05, 3.63) is 0 Å². The summed E-state index contributed by atoms with van der Waals surface area (Å²) in [5.41, 5.74) is 0. The van der Waals surface area contributed by atoms with Gasteiger partial charge in [0.15, 0.2) is 0 Å². The number of hydrogen-bond acceptors (Lipinski definition) is 3. The molecule has 2 aliphatic rings. The minimum atomic E-state index is -0.740. The summed E-state index contributed by atoms with van der Waals surface area (Å²) in [5.74, 6) is -1.06. The number of carbonyl (C=O) groups is 3. The Balaban J connectivity index is 1.75. The molecule has 0 spiro atoms. The number of amides is 2. The van der Waals surface area contributed by atoms with Crippen molar-refractivity contribution in [2.45, 2.75) is 63.8 Å². The fourth-order valence-corrected chi connectivity index (χ4v) is 3.31. The van der Waals surface area contributed by atoms with Crippen molar-refractivity contribution in [1.82, 2.24) is 10.2 Å². The fraction of sp³-hybridized carbons (Fsp3) is 0.812. The Bertz CT molecular complexity index is 416. The fourth-order valence-electron chi connectivity index (χ4n) is 3.31. The largest absolute Gasteiger partial charge is 0.481 e. The standard InChI is InChI=1S/C16H26N2O4/c19-14(11-18-10-4-2-1-3-5-15(18)20)17-13-8-6-12(7-9-13)16(21)22/h12-13H,1-11H2,(H,17,19)(H,21,22). The van der Waals surface area contributed by atoms with Gasteiger partial charge in [0.1, 0.15) is 0 Å². The van der Waals surface area contributed by atoms with Crippen LogP contribution in [0.3, 0.4) is 0 Å². The number of likely N-dealkylation sites (tertiary alicyclic amines) is 1. The van der Waals surface area contributed by atoms with Gasteiger partial charge in [0.25, 0.3) is 0 Å². The van der Waals surface area contributed by atoms with Gasteiger partial charge in [0.2, 0.25) is 11.8 Å². The van der Waals surface area contributed by atoms with Crippen LogP contribution in [0.4, 0.5) is 0 Å². The maximum absolute atomic E-state index is 12.1. The summed E-state index contributed by atoms with van der Waals surface area (Å²) in [6.45, 7) is 0.801. The molecule has 124 valence electrons. The van der Waals surface area contributed by atoms with Gasteiger partial charge in [-0.15, -0.1) is 0 Å². The van der Waals surface area contributed by atoms with Crippen LogP contribution in [0.5, 0.6) is 0 Å². The van der Waals surface area contributed by atoms with Crippen molar-refractivity contribution in [2.75, 3.05) is 13.1 Å². The zero-order chi connectivity index (χ0) is 15.9. The molecule has 2 amide bonds. The smallest absolute Gasteiger partial charge is 0.306 e. The molecule has 0 aromatic rings. The van der Waals surface area contributed by atoms with E-state index in [-0.39, 0.29) is 30.3 Å². The van der Waals surface area contributed by atoms with E-state index in [0.717, 1.165) is 25.7 Å². The second kappa shape index (κ2) is 8.15. The molecule has 22 heavy (non-hydrogen) atoms. The number of aliphatic carboxylic acids is 1. The highest BCUT2D eigenvalue weighted by molar-refractivity contribution is 5.85. The van der Waals surface area contributed by atoms with E-state index in [9.17, 15) is 14.4 Å². The van der Waals surface area contributed by atoms with E-state index in [2.05, 4.69) is 5.32 Å². The van der Waals surface area contributed by atoms with Crippen molar-refractivity contribution in [3.8, 4) is 0 Å². The van der Waals surface area contributed by atoms with Crippen LogP contribution in [0.15, 0.2) is 0 Å². The Labute approximate surface area is 131 Å². The predicted molar refractivity (Wildman–Crippen MR) is 81.2 cm³/mol. The monoisotopic (exact) mass is 310 g/mol. The molecule has 1 saturated heterocycles. The van der Waals surface area contributed by atoms with E-state index in [0.29, 0.717) is 38.6 Å². The molecular formula is C16H26N2O4. The van der Waals surface area contributed by atoms with Crippen LogP contribution in [0.2, 0.25) is 0 Å². The third-order valence-corrected chi connectivity index (χ3v) is 4.70. The molecule has 1 aliphatic carbocycles. The average Bonchev–Trinajstić information content (AvgIpc) is 2.47. The lowest BCUT2D eigenvalue weighted by Crippen LogP contribution is -2.46. The van der Waals surface area contributed by atoms with E-state index in [1.807, 2.05) is 0 Å². The van der Waals surface area contributed by atoms with Crippen LogP contribution < -0.4 is 5.32 Å². The molecule has 1 heterocycles. The lowest BCUT2D eigenvalue weighted by Gasteiger charge is -2.29. The molecule has 2 N–H and O–H groups in total. The molecule has 0 aromatic carbocycles. The number of hydrogen-bond donors (Lipinski definition) is 2. The summed E-state index contributed by atoms with van der Waals surface area (Å²) in [4.78, 5) is 36.7. The summed E-state index contributed by atoms with van der Waals surface area (Å²) in [6, 6.07) is 0.0490. The lowest BCUT2D eigenvalue weighted by atomic mass is 9.86. The molecular weight excluding hydrogens is 284 g/mol. The quantitative estimate of drug-likeness (QED) is 0.824. The number of nitrogens with zero attached hydrogens (tertiary/aromatic N) is 1. The molecule has 0 radical (unpaired) electrons. The predicted octanol–water partition coefficient (Wildman–Crippen LogP) is 1.54. The van der Waals surface area contributed by atoms with Crippen molar-refractivity contribution < 1.29 is 19.5 Å². The van der Waals surface area contributed by atoms with Gasteiger partial charge in [-0.25, -0.2) is 0 Å². The number of carbonyl (C=O) groups excluding carboxylic acids is 2. The Hall–Kier alpha value is -1.59. The van der Waals surface area contributed by atoms with E-state index < -0.39 is 5.97 Å². The summed E-state index contributed by atoms with van der Waals surface area (Å²) in [6.07, 6.45) is 7.26. The van der Waals surface area contributed by atoms with E-state index in [4.69, 9.17) is 5.11 Å². The van der Waals surface area contributed by atoms with E-state index in [1.54, 1.807) is 4.90 Å². The molecule has 6 nitrogen and oxygen atoms in total. The normalized spacial score (nSPS) is 26.9. The summed E-state index contributed by atoms with van der Waals surface area (Å²) >= 11 is 0. The highest BCUT2D eigenvalue weighted by Gasteiger charge is 2.27. The molecule has 0 bridgehead atoms. The first-order valence-corrected chi connectivity index (χ1v) is 8.36. The number of carboxylic acids is 1. The lowest BCUT2D eigenvalue weighted by molar-refractivity contribution is -0.143. The number of carboxylic acid groups (broad SMARTS) is 1. The van der Waals surface area contributed by atoms with Crippen molar-refractivity contribution in [3.63, 3.8) is 0 Å². The molecule has 1 saturated carbocycles. The van der Waals surface area contributed by atoms with Gasteiger partial charge >= 0.3 is 5.97 Å². The first-order valence-electron chi connectivity index (χ1n) is 8.36. The van der Waals surface area contributed by atoms with Gasteiger partial charge < -0.3 is 15.3 Å². The Morgan fingerprint density at radius 1 is 1.09 bits per heavy atom. The first-order chi connectivity index (χ1) is 10.6. The molecule has 0 unspecified atom stereocenters. The van der Waals surface area contributed by atoms with Gasteiger partial charge in [-0.2, -0.15) is 0 Å². The van der Waals surface area contributed by atoms with Crippen molar-refractivity contribution in [1.29, 1.82) is 0 Å². The second-order valence-electron chi connectivity index (χ2n) is 6.43. The molecule has 2 rings (SSSR count). The van der Waals surface area contributed by atoms with Crippen LogP contribution in [-0.4, -0.2) is 46.9 Å². The maximum atomic E-state index is 12.1. The number of rotatable bonds is 4. The minimum absolute atomic E-state index is 0.0490. The molecule has 0 atom stereocenters. The summed E-state index contributed by atoms with van der Waals surface area (Å²) in [5, 5.41) is 11.9. The topological polar surface area (TPSA) is 86.7 Å². The highest BCUT2D eigenvalue weighted by atomic mass is 16.4. The van der Waals surface area contributed by atoms with Crippen LogP contribution in [-0.2, 0) is 14.4 Å². The second-order valence-corrected chi connectivity index (χ2v) is 6.43. The summed E-state index contributed by atoms with van der Waals surface area (Å²) in [7, 11) is 0. The van der Waals surface area contributed by atoms with Crippen molar-refractivity contribution in [2.24, 2.45) is 5.92 Å². The Morgan fingerprint density at radius 3 is 2.45 bits per heavy atom. The Morgan fingerprint density at radius 2 is 1.77 bits per heavy atom. The SMILES string of the molecule is O=C(CN1CCCCCCC1=O)NC1CCC(C(=O)O)CC1. The molecule has 2 fully saturated rings. The Kier molecular flexibility index (Phi) is 6.21. The minimum Gasteiger partial charge on any atom is -0.481 e. The van der Waals surface area contributed by atoms with Crippen LogP contribution in [0, 0.1) is 5.92 Å². The van der Waals surface area contributed by atoms with E-state index >= 15 is 0 Å². The molecule has 0 aromatic heterocycles. The highest BCUT2D eigenvalue weighted by Crippen LogP contribution is 2.24. The third kappa shape index (κ3) is 5.00. The zero-order valence-corrected chi connectivity index (χ0v) is 13.1. The van der Waals surface area contributed by atoms with Gasteiger partial charge in [0.05, 0.1) is 12.5 Å². The average molecular weight is 310 g/mol. The first kappa shape index (κ1) is 16.8. The van der Waals surface area contributed by atoms with E-state index in [1.165, 1.54) is 0 Å².